The van der Waals surface area contributed by atoms with Crippen molar-refractivity contribution < 1.29 is 10.2 Å². The van der Waals surface area contributed by atoms with Gasteiger partial charge in [-0.3, -0.25) is 0 Å². The standard InChI is InChI=1S/C3H7O2/c1-3(5)2-4/h3-4H,2H2,1H3/t3-/m1/s1. The molecule has 1 radical (unpaired) electrons. The molecule has 0 rings (SSSR count). The summed E-state index contributed by atoms with van der Waals surface area (Å²) < 4.78 is 0. The maximum atomic E-state index is 9.65. The third-order valence-corrected chi connectivity index (χ3v) is 0.257. The molecule has 0 fully saturated rings. The van der Waals surface area contributed by atoms with Crippen LogP contribution in [0.1, 0.15) is 6.92 Å². The first kappa shape index (κ1) is 4.92. The third kappa shape index (κ3) is 3.92. The maximum absolute atomic E-state index is 9.65. The highest BCUT2D eigenvalue weighted by Gasteiger charge is 1.86. The molecule has 5 heavy (non-hydrogen) atoms. The smallest absolute Gasteiger partial charge is 0.113 e. The van der Waals surface area contributed by atoms with Crippen molar-refractivity contribution in [2.75, 3.05) is 6.61 Å². The molecule has 0 aliphatic heterocycles. The van der Waals surface area contributed by atoms with Gasteiger partial charge in [0.25, 0.3) is 0 Å². The molecule has 0 amide bonds. The van der Waals surface area contributed by atoms with Crippen molar-refractivity contribution in [3.05, 3.63) is 0 Å². The fourth-order valence-electron chi connectivity index (χ4n) is 0. The Balaban J connectivity index is 2.54. The number of aliphatic hydroxyl groups is 1. The molecule has 0 aliphatic carbocycles. The van der Waals surface area contributed by atoms with E-state index in [-0.39, 0.29) is 6.61 Å². The Labute approximate surface area is 31.1 Å². The van der Waals surface area contributed by atoms with E-state index in [1.807, 2.05) is 0 Å². The summed E-state index contributed by atoms with van der Waals surface area (Å²) in [6.07, 6.45) is -0.810. The minimum Gasteiger partial charge on any atom is -0.394 e. The predicted octanol–water partition coefficient (Wildman–Crippen LogP) is -0.202. The van der Waals surface area contributed by atoms with Crippen LogP contribution in [0, 0.1) is 0 Å². The minimum absolute atomic E-state index is 0.250. The molecule has 0 bridgehead atoms. The highest BCUT2D eigenvalue weighted by Crippen LogP contribution is 1.70. The van der Waals surface area contributed by atoms with Gasteiger partial charge in [-0.2, -0.15) is 0 Å². The van der Waals surface area contributed by atoms with Gasteiger partial charge in [0.15, 0.2) is 0 Å². The second-order valence-corrected chi connectivity index (χ2v) is 0.993. The van der Waals surface area contributed by atoms with Gasteiger partial charge in [-0.25, -0.2) is 5.11 Å². The molecular weight excluding hydrogens is 68.0 g/mol. The molecule has 0 aromatic rings. The van der Waals surface area contributed by atoms with E-state index in [0.717, 1.165) is 0 Å². The SMILES string of the molecule is C[C@@H]([O])CO. The van der Waals surface area contributed by atoms with Crippen LogP contribution < -0.4 is 0 Å². The lowest BCUT2D eigenvalue weighted by atomic mass is 10.5. The van der Waals surface area contributed by atoms with Gasteiger partial charge in [-0.05, 0) is 6.92 Å². The van der Waals surface area contributed by atoms with Crippen LogP contribution in [0.15, 0.2) is 0 Å². The quantitative estimate of drug-likeness (QED) is 0.460. The number of hydrogen-bond acceptors (Lipinski definition) is 1. The van der Waals surface area contributed by atoms with Crippen molar-refractivity contribution in [1.29, 1.82) is 0 Å². The molecule has 31 valence electrons. The Morgan fingerprint density at radius 2 is 2.20 bits per heavy atom. The molecule has 0 aromatic carbocycles. The molecule has 0 saturated carbocycles. The highest BCUT2D eigenvalue weighted by atomic mass is 16.3. The van der Waals surface area contributed by atoms with Gasteiger partial charge >= 0.3 is 0 Å². The van der Waals surface area contributed by atoms with Crippen LogP contribution in [0.2, 0.25) is 0 Å². The van der Waals surface area contributed by atoms with Crippen LogP contribution in [0.4, 0.5) is 0 Å². The first-order valence-corrected chi connectivity index (χ1v) is 1.54. The van der Waals surface area contributed by atoms with E-state index >= 15 is 0 Å². The summed E-state index contributed by atoms with van der Waals surface area (Å²) >= 11 is 0. The zero-order chi connectivity index (χ0) is 4.28. The highest BCUT2D eigenvalue weighted by molar-refractivity contribution is 4.33. The molecular formula is C3H7O2. The van der Waals surface area contributed by atoms with Crippen LogP contribution in [-0.4, -0.2) is 17.8 Å². The van der Waals surface area contributed by atoms with Crippen molar-refractivity contribution in [1.82, 2.24) is 0 Å². The van der Waals surface area contributed by atoms with Crippen molar-refractivity contribution in [2.45, 2.75) is 13.0 Å². The lowest BCUT2D eigenvalue weighted by Gasteiger charge is -1.85. The van der Waals surface area contributed by atoms with Gasteiger partial charge < -0.3 is 5.11 Å². The van der Waals surface area contributed by atoms with Gasteiger partial charge in [-0.1, -0.05) is 0 Å². The molecule has 2 heteroatoms. The summed E-state index contributed by atoms with van der Waals surface area (Å²) in [4.78, 5) is 0. The van der Waals surface area contributed by atoms with E-state index in [9.17, 15) is 5.11 Å². The van der Waals surface area contributed by atoms with Gasteiger partial charge in [0.1, 0.15) is 6.10 Å². The van der Waals surface area contributed by atoms with E-state index in [0.29, 0.717) is 0 Å². The normalized spacial score (nSPS) is 15.0. The van der Waals surface area contributed by atoms with Gasteiger partial charge in [0.2, 0.25) is 0 Å². The van der Waals surface area contributed by atoms with Crippen molar-refractivity contribution >= 4 is 0 Å². The minimum atomic E-state index is -0.810. The van der Waals surface area contributed by atoms with Crippen LogP contribution in [0.5, 0.6) is 0 Å². The van der Waals surface area contributed by atoms with Crippen LogP contribution in [0.25, 0.3) is 0 Å². The molecule has 1 N–H and O–H groups in total. The van der Waals surface area contributed by atoms with Gasteiger partial charge in [0, 0.05) is 0 Å². The number of rotatable bonds is 1. The van der Waals surface area contributed by atoms with Gasteiger partial charge in [-0.15, -0.1) is 0 Å². The zero-order valence-corrected chi connectivity index (χ0v) is 3.14. The average Bonchev–Trinajstić information content (AvgIpc) is 1.38. The third-order valence-electron chi connectivity index (χ3n) is 0.257. The van der Waals surface area contributed by atoms with Crippen molar-refractivity contribution in [2.24, 2.45) is 0 Å². The topological polar surface area (TPSA) is 40.1 Å². The number of aliphatic hydroxyl groups excluding tert-OH is 1. The Kier molecular flexibility index (Phi) is 2.14. The summed E-state index contributed by atoms with van der Waals surface area (Å²) in [5.41, 5.74) is 0. The van der Waals surface area contributed by atoms with Crippen LogP contribution >= 0.6 is 0 Å². The Morgan fingerprint density at radius 1 is 2.00 bits per heavy atom. The maximum Gasteiger partial charge on any atom is 0.113 e. The Hall–Kier alpha value is -0.0800. The summed E-state index contributed by atoms with van der Waals surface area (Å²) in [6.45, 7) is 1.17. The fourth-order valence-corrected chi connectivity index (χ4v) is 0. The molecule has 2 nitrogen and oxygen atoms in total. The summed E-state index contributed by atoms with van der Waals surface area (Å²) in [6, 6.07) is 0. The van der Waals surface area contributed by atoms with E-state index in [1.165, 1.54) is 6.92 Å². The number of hydrogen-bond donors (Lipinski definition) is 1. The lowest BCUT2D eigenvalue weighted by Crippen LogP contribution is -2.01. The van der Waals surface area contributed by atoms with Crippen molar-refractivity contribution in [3.63, 3.8) is 0 Å². The Bertz CT molecular complexity index is 18.9. The summed E-state index contributed by atoms with van der Waals surface area (Å²) in [5, 5.41) is 17.5. The predicted molar refractivity (Wildman–Crippen MR) is 17.2 cm³/mol. The van der Waals surface area contributed by atoms with Crippen LogP contribution in [0.3, 0.4) is 0 Å². The van der Waals surface area contributed by atoms with E-state index in [1.54, 1.807) is 0 Å². The molecule has 0 heterocycles. The molecule has 0 saturated heterocycles. The summed E-state index contributed by atoms with van der Waals surface area (Å²) in [7, 11) is 0. The molecule has 0 aliphatic rings. The molecule has 1 atom stereocenters. The summed E-state index contributed by atoms with van der Waals surface area (Å²) in [5.74, 6) is 0. The van der Waals surface area contributed by atoms with Gasteiger partial charge in [0.05, 0.1) is 6.61 Å². The second-order valence-electron chi connectivity index (χ2n) is 0.993. The zero-order valence-electron chi connectivity index (χ0n) is 3.14. The largest absolute Gasteiger partial charge is 0.394 e. The monoisotopic (exact) mass is 75.0 g/mol. The van der Waals surface area contributed by atoms with E-state index in [2.05, 4.69) is 0 Å². The molecule has 0 unspecified atom stereocenters. The second kappa shape index (κ2) is 2.18. The fraction of sp³-hybridized carbons (Fsp3) is 1.00. The van der Waals surface area contributed by atoms with Crippen molar-refractivity contribution in [3.8, 4) is 0 Å². The molecule has 0 aromatic heterocycles. The average molecular weight is 75.1 g/mol. The first-order chi connectivity index (χ1) is 2.27. The van der Waals surface area contributed by atoms with E-state index in [4.69, 9.17) is 5.11 Å². The van der Waals surface area contributed by atoms with E-state index < -0.39 is 6.10 Å². The lowest BCUT2D eigenvalue weighted by molar-refractivity contribution is 0.0491. The molecule has 0 spiro atoms. The van der Waals surface area contributed by atoms with Crippen LogP contribution in [-0.2, 0) is 5.11 Å². The first-order valence-electron chi connectivity index (χ1n) is 1.54. The Morgan fingerprint density at radius 3 is 2.20 bits per heavy atom.